The van der Waals surface area contributed by atoms with Gasteiger partial charge in [-0.1, -0.05) is 36.4 Å². The Kier molecular flexibility index (Phi) is 4.56. The molecular formula is C16H23NO. The second kappa shape index (κ2) is 6.17. The highest BCUT2D eigenvalue weighted by atomic mass is 16.5. The second-order valence-corrected chi connectivity index (χ2v) is 5.14. The van der Waals surface area contributed by atoms with E-state index in [1.54, 1.807) is 7.11 Å². The van der Waals surface area contributed by atoms with Crippen molar-refractivity contribution in [1.29, 1.82) is 0 Å². The second-order valence-electron chi connectivity index (χ2n) is 5.14. The van der Waals surface area contributed by atoms with Gasteiger partial charge in [0.2, 0.25) is 0 Å². The van der Waals surface area contributed by atoms with Gasteiger partial charge in [-0.25, -0.2) is 0 Å². The fourth-order valence-electron chi connectivity index (χ4n) is 2.83. The van der Waals surface area contributed by atoms with E-state index in [4.69, 9.17) is 4.74 Å². The maximum atomic E-state index is 5.09. The normalized spacial score (nSPS) is 17.2. The first-order chi connectivity index (χ1) is 8.78. The number of nitrogens with one attached hydrogen (secondary N) is 1. The van der Waals surface area contributed by atoms with Gasteiger partial charge in [-0.2, -0.15) is 0 Å². The van der Waals surface area contributed by atoms with Crippen molar-refractivity contribution in [2.45, 2.75) is 25.2 Å². The van der Waals surface area contributed by atoms with Crippen molar-refractivity contribution in [3.63, 3.8) is 0 Å². The number of ether oxygens (including phenoxy) is 1. The topological polar surface area (TPSA) is 21.3 Å². The number of rotatable bonds is 6. The Balaban J connectivity index is 2.10. The van der Waals surface area contributed by atoms with E-state index < -0.39 is 0 Å². The molecule has 0 spiro atoms. The molecule has 0 atom stereocenters. The number of hydrogen-bond acceptors (Lipinski definition) is 2. The van der Waals surface area contributed by atoms with Gasteiger partial charge in [0, 0.05) is 25.6 Å². The van der Waals surface area contributed by atoms with Gasteiger partial charge in [-0.3, -0.25) is 0 Å². The van der Waals surface area contributed by atoms with Gasteiger partial charge in [-0.15, -0.1) is 0 Å². The van der Waals surface area contributed by atoms with E-state index in [0.717, 1.165) is 32.5 Å². The summed E-state index contributed by atoms with van der Waals surface area (Å²) in [6, 6.07) is 8.76. The highest BCUT2D eigenvalue weighted by Crippen LogP contribution is 2.38. The molecule has 0 aliphatic heterocycles. The van der Waals surface area contributed by atoms with E-state index in [2.05, 4.69) is 48.7 Å². The van der Waals surface area contributed by atoms with Crippen LogP contribution in [0.3, 0.4) is 0 Å². The molecule has 1 aromatic rings. The van der Waals surface area contributed by atoms with Crippen molar-refractivity contribution >= 4 is 0 Å². The highest BCUT2D eigenvalue weighted by Gasteiger charge is 2.33. The number of aryl methyl sites for hydroxylation is 1. The summed E-state index contributed by atoms with van der Waals surface area (Å²) in [5.74, 6) is 0. The van der Waals surface area contributed by atoms with Crippen molar-refractivity contribution < 1.29 is 4.74 Å². The zero-order valence-corrected chi connectivity index (χ0v) is 11.4. The van der Waals surface area contributed by atoms with E-state index in [0.29, 0.717) is 0 Å². The van der Waals surface area contributed by atoms with Crippen LogP contribution in [0.2, 0.25) is 0 Å². The zero-order chi connectivity index (χ0) is 12.8. The molecule has 2 nitrogen and oxygen atoms in total. The van der Waals surface area contributed by atoms with Gasteiger partial charge in [0.15, 0.2) is 0 Å². The first-order valence-electron chi connectivity index (χ1n) is 6.69. The quantitative estimate of drug-likeness (QED) is 0.614. The van der Waals surface area contributed by atoms with Crippen LogP contribution in [0.25, 0.3) is 0 Å². The third-order valence-electron chi connectivity index (χ3n) is 3.85. The molecule has 0 saturated carbocycles. The van der Waals surface area contributed by atoms with Crippen LogP contribution in [0.4, 0.5) is 0 Å². The van der Waals surface area contributed by atoms with Crippen LogP contribution in [0.5, 0.6) is 0 Å². The predicted molar refractivity (Wildman–Crippen MR) is 76.0 cm³/mol. The minimum absolute atomic E-state index is 0.249. The van der Waals surface area contributed by atoms with Crippen molar-refractivity contribution in [1.82, 2.24) is 5.32 Å². The summed E-state index contributed by atoms with van der Waals surface area (Å²) in [5, 5.41) is 3.53. The summed E-state index contributed by atoms with van der Waals surface area (Å²) < 4.78 is 5.09. The van der Waals surface area contributed by atoms with Crippen molar-refractivity contribution in [3.8, 4) is 0 Å². The van der Waals surface area contributed by atoms with Crippen molar-refractivity contribution in [3.05, 3.63) is 47.5 Å². The summed E-state index contributed by atoms with van der Waals surface area (Å²) in [7, 11) is 1.75. The Morgan fingerprint density at radius 1 is 1.22 bits per heavy atom. The summed E-state index contributed by atoms with van der Waals surface area (Å²) in [6.45, 7) is 4.93. The number of allylic oxidation sites excluding steroid dienone is 2. The van der Waals surface area contributed by atoms with Crippen LogP contribution in [0, 0.1) is 6.92 Å². The molecule has 0 heterocycles. The molecule has 1 aliphatic rings. The lowest BCUT2D eigenvalue weighted by atomic mass is 9.76. The molecule has 0 aromatic heterocycles. The average Bonchev–Trinajstić information content (AvgIpc) is 2.85. The Hall–Kier alpha value is -1.12. The smallest absolute Gasteiger partial charge is 0.0587 e. The van der Waals surface area contributed by atoms with Gasteiger partial charge >= 0.3 is 0 Å². The fourth-order valence-corrected chi connectivity index (χ4v) is 2.83. The van der Waals surface area contributed by atoms with Crippen molar-refractivity contribution in [2.75, 3.05) is 26.8 Å². The highest BCUT2D eigenvalue weighted by molar-refractivity contribution is 5.37. The number of methoxy groups -OCH3 is 1. The molecule has 0 amide bonds. The van der Waals surface area contributed by atoms with E-state index in [1.165, 1.54) is 11.1 Å². The Bertz CT molecular complexity index is 403. The van der Waals surface area contributed by atoms with Crippen LogP contribution in [-0.2, 0) is 10.2 Å². The molecule has 1 aromatic carbocycles. The average molecular weight is 245 g/mol. The molecule has 1 aliphatic carbocycles. The third-order valence-corrected chi connectivity index (χ3v) is 3.85. The lowest BCUT2D eigenvalue weighted by Gasteiger charge is -2.31. The van der Waals surface area contributed by atoms with Gasteiger partial charge in [-0.05, 0) is 30.9 Å². The summed E-state index contributed by atoms with van der Waals surface area (Å²) in [6.07, 6.45) is 6.89. The van der Waals surface area contributed by atoms with E-state index >= 15 is 0 Å². The molecule has 0 saturated heterocycles. The Labute approximate surface area is 110 Å². The first-order valence-corrected chi connectivity index (χ1v) is 6.69. The number of hydrogen-bond donors (Lipinski definition) is 1. The molecule has 0 fully saturated rings. The SMILES string of the molecule is COCCNCC1(c2ccccc2C)CC=CC1. The van der Waals surface area contributed by atoms with Crippen LogP contribution in [0.1, 0.15) is 24.0 Å². The summed E-state index contributed by atoms with van der Waals surface area (Å²) in [5.41, 5.74) is 3.13. The molecule has 0 bridgehead atoms. The van der Waals surface area contributed by atoms with E-state index in [-0.39, 0.29) is 5.41 Å². The molecule has 2 heteroatoms. The molecule has 18 heavy (non-hydrogen) atoms. The van der Waals surface area contributed by atoms with Gasteiger partial charge < -0.3 is 10.1 Å². The zero-order valence-electron chi connectivity index (χ0n) is 11.4. The fraction of sp³-hybridized carbons (Fsp3) is 0.500. The van der Waals surface area contributed by atoms with E-state index in [1.807, 2.05) is 0 Å². The molecule has 1 N–H and O–H groups in total. The number of benzene rings is 1. The lowest BCUT2D eigenvalue weighted by Crippen LogP contribution is -2.38. The standard InChI is InChI=1S/C16H23NO/c1-14-7-3-4-8-15(14)16(9-5-6-10-16)13-17-11-12-18-2/h3-8,17H,9-13H2,1-2H3. The molecule has 2 rings (SSSR count). The van der Waals surface area contributed by atoms with Gasteiger partial charge in [0.05, 0.1) is 6.61 Å². The largest absolute Gasteiger partial charge is 0.383 e. The third kappa shape index (κ3) is 2.82. The monoisotopic (exact) mass is 245 g/mol. The van der Waals surface area contributed by atoms with E-state index in [9.17, 15) is 0 Å². The van der Waals surface area contributed by atoms with Crippen LogP contribution < -0.4 is 5.32 Å². The van der Waals surface area contributed by atoms with Crippen LogP contribution >= 0.6 is 0 Å². The Morgan fingerprint density at radius 2 is 1.94 bits per heavy atom. The molecule has 0 radical (unpaired) electrons. The predicted octanol–water partition coefficient (Wildman–Crippen LogP) is 2.82. The summed E-state index contributed by atoms with van der Waals surface area (Å²) in [4.78, 5) is 0. The molecular weight excluding hydrogens is 222 g/mol. The lowest BCUT2D eigenvalue weighted by molar-refractivity contribution is 0.196. The first kappa shape index (κ1) is 13.3. The minimum Gasteiger partial charge on any atom is -0.383 e. The maximum Gasteiger partial charge on any atom is 0.0587 e. The van der Waals surface area contributed by atoms with Crippen LogP contribution in [0.15, 0.2) is 36.4 Å². The molecule has 0 unspecified atom stereocenters. The van der Waals surface area contributed by atoms with Gasteiger partial charge in [0.1, 0.15) is 0 Å². The summed E-state index contributed by atoms with van der Waals surface area (Å²) >= 11 is 0. The van der Waals surface area contributed by atoms with Crippen LogP contribution in [-0.4, -0.2) is 26.8 Å². The van der Waals surface area contributed by atoms with Crippen molar-refractivity contribution in [2.24, 2.45) is 0 Å². The Morgan fingerprint density at radius 3 is 2.61 bits per heavy atom. The maximum absolute atomic E-state index is 5.09. The van der Waals surface area contributed by atoms with Gasteiger partial charge in [0.25, 0.3) is 0 Å². The minimum atomic E-state index is 0.249. The molecule has 98 valence electrons.